The summed E-state index contributed by atoms with van der Waals surface area (Å²) in [6, 6.07) is 16.5. The molecule has 3 heterocycles. The fraction of sp³-hybridized carbons (Fsp3) is 0.250. The Labute approximate surface area is 242 Å². The first kappa shape index (κ1) is 26.7. The van der Waals surface area contributed by atoms with Crippen molar-refractivity contribution in [3.8, 4) is 11.5 Å². The summed E-state index contributed by atoms with van der Waals surface area (Å²) < 4.78 is 5.97. The Balaban J connectivity index is 1.27. The highest BCUT2D eigenvalue weighted by molar-refractivity contribution is 7.21. The number of aryl methyl sites for hydroxylation is 1. The van der Waals surface area contributed by atoms with Gasteiger partial charge in [0.2, 0.25) is 0 Å². The van der Waals surface area contributed by atoms with Crippen LogP contribution in [0.25, 0.3) is 10.2 Å². The number of carbonyl (C=O) groups is 3. The number of urea groups is 1. The molecule has 0 bridgehead atoms. The van der Waals surface area contributed by atoms with E-state index in [-0.39, 0.29) is 29.7 Å². The molecule has 0 saturated heterocycles. The van der Waals surface area contributed by atoms with Crippen LogP contribution in [0.5, 0.6) is 11.5 Å². The number of pyridine rings is 1. The van der Waals surface area contributed by atoms with Crippen LogP contribution in [0.4, 0.5) is 21.9 Å². The molecular weight excluding hydrogens is 536 g/mol. The number of benzene rings is 2. The highest BCUT2D eigenvalue weighted by atomic mass is 32.1. The van der Waals surface area contributed by atoms with Gasteiger partial charge in [0.25, 0.3) is 5.91 Å². The second-order valence-corrected chi connectivity index (χ2v) is 11.5. The molecule has 4 aromatic rings. The van der Waals surface area contributed by atoms with Crippen molar-refractivity contribution in [3.63, 3.8) is 0 Å². The van der Waals surface area contributed by atoms with Crippen LogP contribution in [0.1, 0.15) is 47.3 Å². The Hall–Kier alpha value is -4.50. The third-order valence-corrected chi connectivity index (χ3v) is 8.77. The molecule has 2 N–H and O–H groups in total. The van der Waals surface area contributed by atoms with E-state index >= 15 is 0 Å². The van der Waals surface area contributed by atoms with Gasteiger partial charge in [0, 0.05) is 18.7 Å². The molecule has 3 amide bonds. The van der Waals surface area contributed by atoms with Gasteiger partial charge in [-0.3, -0.25) is 14.5 Å². The topological polar surface area (TPSA) is 101 Å². The molecule has 2 aromatic heterocycles. The third kappa shape index (κ3) is 5.32. The number of carbonyl (C=O) groups excluding carboxylic acids is 3. The van der Waals surface area contributed by atoms with Crippen LogP contribution in [0.3, 0.4) is 0 Å². The smallest absolute Gasteiger partial charge is 0.331 e. The number of ether oxygens (including phenoxy) is 1. The van der Waals surface area contributed by atoms with E-state index in [0.29, 0.717) is 38.9 Å². The Morgan fingerprint density at radius 2 is 1.98 bits per heavy atom. The van der Waals surface area contributed by atoms with Crippen LogP contribution < -0.4 is 20.3 Å². The lowest BCUT2D eigenvalue weighted by molar-refractivity contribution is -0.115. The Morgan fingerprint density at radius 1 is 1.15 bits per heavy atom. The molecule has 1 unspecified atom stereocenters. The third-order valence-electron chi connectivity index (χ3n) is 7.68. The normalized spacial score (nSPS) is 18.1. The van der Waals surface area contributed by atoms with Crippen LogP contribution in [0.15, 0.2) is 73.4 Å². The standard InChI is InChI=1S/C32H30N4O4S/c1-3-22(37)18-20-8-7-9-21(17-20)34-30(38)29-28-27-26(14-15-33-31(27)41-29)36(32(39)35-28)25-13-12-24(16-19(25)2)40-23-10-5-4-6-11-23/h3-6,10-16,20-21H,1,7-9,17-18H2,2H3,(H,34,38)(H,35,39)/t20-,21?/m1/s1. The van der Waals surface area contributed by atoms with Crippen LogP contribution in [-0.2, 0) is 4.79 Å². The lowest BCUT2D eigenvalue weighted by Crippen LogP contribution is -2.39. The number of para-hydroxylation sites is 1. The summed E-state index contributed by atoms with van der Waals surface area (Å²) in [5.41, 5.74) is 2.73. The predicted octanol–water partition coefficient (Wildman–Crippen LogP) is 7.51. The molecule has 2 aliphatic rings. The zero-order chi connectivity index (χ0) is 28.5. The predicted molar refractivity (Wildman–Crippen MR) is 162 cm³/mol. The Kier molecular flexibility index (Phi) is 7.28. The van der Waals surface area contributed by atoms with Gasteiger partial charge in [0.15, 0.2) is 5.78 Å². The minimum Gasteiger partial charge on any atom is -0.457 e. The number of nitrogens with zero attached hydrogens (tertiary/aromatic N) is 2. The van der Waals surface area contributed by atoms with E-state index in [4.69, 9.17) is 4.74 Å². The number of aromatic nitrogens is 1. The second kappa shape index (κ2) is 11.2. The van der Waals surface area contributed by atoms with E-state index in [1.807, 2.05) is 55.5 Å². The average Bonchev–Trinajstić information content (AvgIpc) is 3.34. The molecule has 8 nitrogen and oxygen atoms in total. The number of ketones is 1. The number of hydrogen-bond acceptors (Lipinski definition) is 6. The van der Waals surface area contributed by atoms with E-state index in [1.54, 1.807) is 17.2 Å². The maximum atomic E-state index is 13.6. The van der Waals surface area contributed by atoms with Gasteiger partial charge in [-0.2, -0.15) is 0 Å². The molecule has 0 spiro atoms. The number of nitrogens with one attached hydrogen (secondary N) is 2. The lowest BCUT2D eigenvalue weighted by Gasteiger charge is -2.30. The number of amides is 3. The minimum absolute atomic E-state index is 0.0289. The van der Waals surface area contributed by atoms with Gasteiger partial charge in [-0.15, -0.1) is 11.3 Å². The molecular formula is C32H30N4O4S. The number of thiophene rings is 1. The van der Waals surface area contributed by atoms with Gasteiger partial charge < -0.3 is 15.4 Å². The molecule has 2 aromatic carbocycles. The van der Waals surface area contributed by atoms with E-state index < -0.39 is 0 Å². The average molecular weight is 567 g/mol. The minimum atomic E-state index is -0.349. The van der Waals surface area contributed by atoms with Gasteiger partial charge in [0.05, 0.1) is 22.4 Å². The highest BCUT2D eigenvalue weighted by Crippen LogP contribution is 2.46. The molecule has 1 saturated carbocycles. The largest absolute Gasteiger partial charge is 0.457 e. The summed E-state index contributed by atoms with van der Waals surface area (Å²) >= 11 is 1.27. The summed E-state index contributed by atoms with van der Waals surface area (Å²) in [6.45, 7) is 5.50. The zero-order valence-corrected chi connectivity index (χ0v) is 23.5. The molecule has 2 atom stereocenters. The van der Waals surface area contributed by atoms with Gasteiger partial charge >= 0.3 is 6.03 Å². The number of rotatable bonds is 8. The zero-order valence-electron chi connectivity index (χ0n) is 22.7. The summed E-state index contributed by atoms with van der Waals surface area (Å²) in [5, 5.41) is 6.87. The monoisotopic (exact) mass is 566 g/mol. The van der Waals surface area contributed by atoms with Gasteiger partial charge in [-0.25, -0.2) is 9.78 Å². The van der Waals surface area contributed by atoms with Crippen LogP contribution >= 0.6 is 11.3 Å². The number of hydrogen-bond donors (Lipinski definition) is 2. The molecule has 6 rings (SSSR count). The molecule has 0 radical (unpaired) electrons. The highest BCUT2D eigenvalue weighted by Gasteiger charge is 2.34. The van der Waals surface area contributed by atoms with Crippen molar-refractivity contribution in [1.82, 2.24) is 10.3 Å². The number of allylic oxidation sites excluding steroid dienone is 1. The maximum absolute atomic E-state index is 13.6. The molecule has 41 heavy (non-hydrogen) atoms. The van der Waals surface area contributed by atoms with Gasteiger partial charge in [0.1, 0.15) is 21.2 Å². The fourth-order valence-corrected chi connectivity index (χ4v) is 6.80. The van der Waals surface area contributed by atoms with Crippen molar-refractivity contribution >= 4 is 56.3 Å². The lowest BCUT2D eigenvalue weighted by atomic mass is 9.82. The second-order valence-electron chi connectivity index (χ2n) is 10.5. The van der Waals surface area contributed by atoms with Crippen molar-refractivity contribution in [2.45, 2.75) is 45.1 Å². The summed E-state index contributed by atoms with van der Waals surface area (Å²) in [6.07, 6.45) is 7.02. The van der Waals surface area contributed by atoms with Gasteiger partial charge in [-0.1, -0.05) is 31.2 Å². The van der Waals surface area contributed by atoms with Crippen LogP contribution in [0, 0.1) is 12.8 Å². The molecule has 1 aliphatic carbocycles. The fourth-order valence-electron chi connectivity index (χ4n) is 5.78. The van der Waals surface area contributed by atoms with Crippen LogP contribution in [0.2, 0.25) is 0 Å². The van der Waals surface area contributed by atoms with E-state index in [2.05, 4.69) is 22.2 Å². The number of anilines is 3. The van der Waals surface area contributed by atoms with Crippen molar-refractivity contribution < 1.29 is 19.1 Å². The van der Waals surface area contributed by atoms with Crippen molar-refractivity contribution in [1.29, 1.82) is 0 Å². The SMILES string of the molecule is C=CC(=O)C[C@@H]1CCCC(NC(=O)c2sc3nccc4c3c2NC(=O)N4c2ccc(Oc3ccccc3)cc2C)C1. The van der Waals surface area contributed by atoms with E-state index in [9.17, 15) is 14.4 Å². The quantitative estimate of drug-likeness (QED) is 0.215. The first-order valence-electron chi connectivity index (χ1n) is 13.7. The summed E-state index contributed by atoms with van der Waals surface area (Å²) in [7, 11) is 0. The van der Waals surface area contributed by atoms with Crippen molar-refractivity contribution in [3.05, 3.63) is 83.9 Å². The summed E-state index contributed by atoms with van der Waals surface area (Å²) in [4.78, 5) is 46.2. The first-order valence-corrected chi connectivity index (χ1v) is 14.5. The first-order chi connectivity index (χ1) is 19.9. The molecule has 1 aliphatic heterocycles. The van der Waals surface area contributed by atoms with E-state index in [1.165, 1.54) is 17.4 Å². The Bertz CT molecular complexity index is 1670. The molecule has 1 fully saturated rings. The summed E-state index contributed by atoms with van der Waals surface area (Å²) in [5.74, 6) is 1.43. The van der Waals surface area contributed by atoms with E-state index in [0.717, 1.165) is 42.4 Å². The Morgan fingerprint density at radius 3 is 2.76 bits per heavy atom. The van der Waals surface area contributed by atoms with Crippen LogP contribution in [-0.4, -0.2) is 28.7 Å². The molecule has 9 heteroatoms. The maximum Gasteiger partial charge on any atom is 0.331 e. The van der Waals surface area contributed by atoms with Gasteiger partial charge in [-0.05, 0) is 80.1 Å². The van der Waals surface area contributed by atoms with Crippen molar-refractivity contribution in [2.75, 3.05) is 10.2 Å². The van der Waals surface area contributed by atoms with Crippen molar-refractivity contribution in [2.24, 2.45) is 5.92 Å². The molecule has 208 valence electrons.